The van der Waals surface area contributed by atoms with Crippen molar-refractivity contribution in [3.8, 4) is 0 Å². The van der Waals surface area contributed by atoms with E-state index in [0.717, 1.165) is 18.4 Å². The van der Waals surface area contributed by atoms with Gasteiger partial charge in [-0.05, 0) is 24.5 Å². The lowest BCUT2D eigenvalue weighted by Crippen LogP contribution is -2.53. The number of nitrogens with zero attached hydrogens (tertiary/aromatic N) is 2. The number of aromatic nitrogens is 2. The van der Waals surface area contributed by atoms with E-state index in [2.05, 4.69) is 10.4 Å². The van der Waals surface area contributed by atoms with Crippen LogP contribution in [0.4, 0.5) is 0 Å². The molecule has 0 radical (unpaired) electrons. The molecule has 1 unspecified atom stereocenters. The van der Waals surface area contributed by atoms with Crippen LogP contribution >= 0.6 is 0 Å². The predicted molar refractivity (Wildman–Crippen MR) is 74.1 cm³/mol. The molecule has 1 aromatic carbocycles. The highest BCUT2D eigenvalue weighted by molar-refractivity contribution is 5.80. The molecule has 1 aliphatic carbocycles. The molecule has 1 aromatic heterocycles. The second-order valence-corrected chi connectivity index (χ2v) is 5.20. The van der Waals surface area contributed by atoms with Crippen molar-refractivity contribution in [1.82, 2.24) is 15.1 Å². The highest BCUT2D eigenvalue weighted by atomic mass is 16.4. The molecule has 1 saturated carbocycles. The number of carboxylic acids is 1. The van der Waals surface area contributed by atoms with Gasteiger partial charge in [0.1, 0.15) is 0 Å². The second-order valence-electron chi connectivity index (χ2n) is 5.20. The van der Waals surface area contributed by atoms with Gasteiger partial charge >= 0.3 is 5.97 Å². The minimum Gasteiger partial charge on any atom is -0.480 e. The maximum atomic E-state index is 12.0. The lowest BCUT2D eigenvalue weighted by Gasteiger charge is -2.31. The maximum absolute atomic E-state index is 12.0. The summed E-state index contributed by atoms with van der Waals surface area (Å²) in [5, 5.41) is 17.3. The second kappa shape index (κ2) is 5.09. The van der Waals surface area contributed by atoms with E-state index in [9.17, 15) is 9.90 Å². The summed E-state index contributed by atoms with van der Waals surface area (Å²) >= 11 is 0. The molecule has 1 heterocycles. The average Bonchev–Trinajstić information content (AvgIpc) is 3.12. The molecule has 5 heteroatoms. The van der Waals surface area contributed by atoms with Crippen LogP contribution in [0.25, 0.3) is 0 Å². The Morgan fingerprint density at radius 3 is 2.65 bits per heavy atom. The number of hydrogen-bond acceptors (Lipinski definition) is 3. The van der Waals surface area contributed by atoms with Gasteiger partial charge in [0, 0.05) is 18.4 Å². The third kappa shape index (κ3) is 2.44. The number of carbonyl (C=O) groups is 1. The largest absolute Gasteiger partial charge is 0.480 e. The van der Waals surface area contributed by atoms with E-state index in [-0.39, 0.29) is 12.6 Å². The number of rotatable bonds is 6. The number of nitrogens with one attached hydrogen (secondary N) is 1. The quantitative estimate of drug-likeness (QED) is 0.837. The molecule has 2 aromatic rings. The van der Waals surface area contributed by atoms with Crippen molar-refractivity contribution >= 4 is 5.97 Å². The van der Waals surface area contributed by atoms with Gasteiger partial charge in [-0.2, -0.15) is 5.10 Å². The van der Waals surface area contributed by atoms with Crippen LogP contribution in [0.1, 0.15) is 18.4 Å². The molecule has 1 atom stereocenters. The Labute approximate surface area is 117 Å². The van der Waals surface area contributed by atoms with Crippen molar-refractivity contribution in [3.63, 3.8) is 0 Å². The van der Waals surface area contributed by atoms with E-state index in [1.165, 1.54) is 0 Å². The fourth-order valence-corrected chi connectivity index (χ4v) is 2.41. The highest BCUT2D eigenvalue weighted by Gasteiger charge is 2.44. The maximum Gasteiger partial charge on any atom is 0.330 e. The minimum absolute atomic E-state index is 0.274. The van der Waals surface area contributed by atoms with E-state index in [1.54, 1.807) is 23.1 Å². The third-order valence-corrected chi connectivity index (χ3v) is 3.62. The molecule has 5 nitrogen and oxygen atoms in total. The number of benzene rings is 1. The summed E-state index contributed by atoms with van der Waals surface area (Å²) in [6.45, 7) is 0.274. The zero-order valence-electron chi connectivity index (χ0n) is 11.1. The molecule has 0 aliphatic heterocycles. The number of carboxylic acid groups (broad SMARTS) is 1. The summed E-state index contributed by atoms with van der Waals surface area (Å²) < 4.78 is 1.66. The van der Waals surface area contributed by atoms with Crippen LogP contribution in [0.3, 0.4) is 0 Å². The summed E-state index contributed by atoms with van der Waals surface area (Å²) in [6, 6.07) is 11.4. The van der Waals surface area contributed by atoms with Crippen LogP contribution in [-0.2, 0) is 16.9 Å². The molecular formula is C15H17N3O2. The van der Waals surface area contributed by atoms with E-state index >= 15 is 0 Å². The lowest BCUT2D eigenvalue weighted by atomic mass is 9.89. The van der Waals surface area contributed by atoms with Gasteiger partial charge in [-0.1, -0.05) is 30.3 Å². The predicted octanol–water partition coefficient (Wildman–Crippen LogP) is 1.62. The molecule has 104 valence electrons. The Balaban J connectivity index is 2.01. The van der Waals surface area contributed by atoms with Crippen LogP contribution in [0.2, 0.25) is 0 Å². The first kappa shape index (κ1) is 12.9. The fourth-order valence-electron chi connectivity index (χ4n) is 2.41. The normalized spacial score (nSPS) is 17.6. The van der Waals surface area contributed by atoms with Gasteiger partial charge in [0.05, 0.1) is 6.54 Å². The van der Waals surface area contributed by atoms with Crippen molar-refractivity contribution in [2.45, 2.75) is 31.0 Å². The van der Waals surface area contributed by atoms with Gasteiger partial charge in [0.25, 0.3) is 0 Å². The third-order valence-electron chi connectivity index (χ3n) is 3.62. The zero-order chi connectivity index (χ0) is 14.0. The van der Waals surface area contributed by atoms with E-state index in [0.29, 0.717) is 0 Å². The summed E-state index contributed by atoms with van der Waals surface area (Å²) in [7, 11) is 0. The summed E-state index contributed by atoms with van der Waals surface area (Å²) in [5.74, 6) is -0.869. The molecule has 0 saturated heterocycles. The van der Waals surface area contributed by atoms with E-state index < -0.39 is 11.5 Å². The molecule has 0 spiro atoms. The van der Waals surface area contributed by atoms with Crippen molar-refractivity contribution in [2.75, 3.05) is 0 Å². The molecule has 0 bridgehead atoms. The average molecular weight is 271 g/mol. The van der Waals surface area contributed by atoms with E-state index in [4.69, 9.17) is 0 Å². The van der Waals surface area contributed by atoms with Gasteiger partial charge in [-0.15, -0.1) is 0 Å². The Kier molecular flexibility index (Phi) is 3.28. The monoisotopic (exact) mass is 271 g/mol. The molecular weight excluding hydrogens is 254 g/mol. The standard InChI is InChI=1S/C15H17N3O2/c19-14(20)15(17-13-7-8-13,11-18-10-4-9-16-18)12-5-2-1-3-6-12/h1-6,9-10,13,17H,7-8,11H2,(H,19,20). The first-order valence-corrected chi connectivity index (χ1v) is 6.75. The van der Waals surface area contributed by atoms with Crippen LogP contribution in [0, 0.1) is 0 Å². The molecule has 20 heavy (non-hydrogen) atoms. The molecule has 3 rings (SSSR count). The SMILES string of the molecule is O=C(O)C(Cn1cccn1)(NC1CC1)c1ccccc1. The fraction of sp³-hybridized carbons (Fsp3) is 0.333. The van der Waals surface area contributed by atoms with Crippen molar-refractivity contribution < 1.29 is 9.90 Å². The molecule has 0 amide bonds. The van der Waals surface area contributed by atoms with Gasteiger partial charge in [0.2, 0.25) is 0 Å². The smallest absolute Gasteiger partial charge is 0.330 e. The van der Waals surface area contributed by atoms with Crippen molar-refractivity contribution in [1.29, 1.82) is 0 Å². The lowest BCUT2D eigenvalue weighted by molar-refractivity contribution is -0.146. The summed E-state index contributed by atoms with van der Waals surface area (Å²) in [5.41, 5.74) is -0.371. The van der Waals surface area contributed by atoms with Crippen LogP contribution in [0.5, 0.6) is 0 Å². The minimum atomic E-state index is -1.13. The topological polar surface area (TPSA) is 67.1 Å². The van der Waals surface area contributed by atoms with Crippen LogP contribution in [-0.4, -0.2) is 26.9 Å². The van der Waals surface area contributed by atoms with Gasteiger partial charge in [-0.25, -0.2) is 4.79 Å². The highest BCUT2D eigenvalue weighted by Crippen LogP contribution is 2.30. The van der Waals surface area contributed by atoms with Gasteiger partial charge in [-0.3, -0.25) is 10.00 Å². The first-order valence-electron chi connectivity index (χ1n) is 6.75. The molecule has 1 aliphatic rings. The molecule has 1 fully saturated rings. The number of hydrogen-bond donors (Lipinski definition) is 2. The Hall–Kier alpha value is -2.14. The molecule has 2 N–H and O–H groups in total. The van der Waals surface area contributed by atoms with Crippen LogP contribution in [0.15, 0.2) is 48.8 Å². The Bertz CT molecular complexity index is 578. The van der Waals surface area contributed by atoms with E-state index in [1.807, 2.05) is 30.3 Å². The first-order chi connectivity index (χ1) is 9.71. The summed E-state index contributed by atoms with van der Waals surface area (Å²) in [6.07, 6.45) is 5.51. The van der Waals surface area contributed by atoms with Crippen molar-refractivity contribution in [3.05, 3.63) is 54.4 Å². The summed E-state index contributed by atoms with van der Waals surface area (Å²) in [4.78, 5) is 12.0. The zero-order valence-corrected chi connectivity index (χ0v) is 11.1. The Morgan fingerprint density at radius 2 is 2.10 bits per heavy atom. The Morgan fingerprint density at radius 1 is 1.35 bits per heavy atom. The van der Waals surface area contributed by atoms with Crippen molar-refractivity contribution in [2.24, 2.45) is 0 Å². The van der Waals surface area contributed by atoms with Crippen LogP contribution < -0.4 is 5.32 Å². The van der Waals surface area contributed by atoms with Gasteiger partial charge in [0.15, 0.2) is 5.54 Å². The number of aliphatic carboxylic acids is 1. The van der Waals surface area contributed by atoms with Gasteiger partial charge < -0.3 is 5.11 Å².